The number of hydrogen-bond donors (Lipinski definition) is 2. The Kier molecular flexibility index (Phi) is 5.34. The fraction of sp³-hybridized carbons (Fsp3) is 0.105. The van der Waals surface area contributed by atoms with Crippen LogP contribution in [-0.2, 0) is 0 Å². The molecule has 1 aromatic heterocycles. The first-order chi connectivity index (χ1) is 12.5. The van der Waals surface area contributed by atoms with Gasteiger partial charge in [-0.1, -0.05) is 23.7 Å². The van der Waals surface area contributed by atoms with Gasteiger partial charge in [0.15, 0.2) is 11.5 Å². The number of carbonyl (C=O) groups excluding carboxylic acids is 1. The molecule has 0 saturated heterocycles. The van der Waals surface area contributed by atoms with Gasteiger partial charge in [0.2, 0.25) is 0 Å². The van der Waals surface area contributed by atoms with Gasteiger partial charge in [-0.2, -0.15) is 0 Å². The van der Waals surface area contributed by atoms with Crippen molar-refractivity contribution in [2.24, 2.45) is 0 Å². The lowest BCUT2D eigenvalue weighted by molar-refractivity contribution is 0.102. The Balaban J connectivity index is 1.68. The molecule has 3 aromatic rings. The maximum Gasteiger partial charge on any atom is 0.276 e. The van der Waals surface area contributed by atoms with E-state index in [0.29, 0.717) is 22.3 Å². The van der Waals surface area contributed by atoms with E-state index >= 15 is 0 Å². The first-order valence-electron chi connectivity index (χ1n) is 7.87. The van der Waals surface area contributed by atoms with Crippen molar-refractivity contribution in [2.45, 2.75) is 6.92 Å². The van der Waals surface area contributed by atoms with Crippen molar-refractivity contribution in [3.63, 3.8) is 0 Å². The molecule has 0 saturated carbocycles. The summed E-state index contributed by atoms with van der Waals surface area (Å²) in [5.41, 5.74) is 2.62. The summed E-state index contributed by atoms with van der Waals surface area (Å²) in [6.45, 7) is 1.93. The van der Waals surface area contributed by atoms with Gasteiger partial charge in [-0.3, -0.25) is 4.79 Å². The summed E-state index contributed by atoms with van der Waals surface area (Å²) in [5.74, 6) is 0.823. The van der Waals surface area contributed by atoms with E-state index < -0.39 is 0 Å². The predicted octanol–water partition coefficient (Wildman–Crippen LogP) is 4.44. The summed E-state index contributed by atoms with van der Waals surface area (Å²) in [4.78, 5) is 12.3. The number of nitrogens with one attached hydrogen (secondary N) is 2. The molecule has 0 bridgehead atoms. The van der Waals surface area contributed by atoms with Gasteiger partial charge in [-0.15, -0.1) is 10.2 Å². The fourth-order valence-corrected chi connectivity index (χ4v) is 2.42. The van der Waals surface area contributed by atoms with Crippen LogP contribution in [-0.4, -0.2) is 23.2 Å². The Hall–Kier alpha value is -3.12. The second-order valence-corrected chi connectivity index (χ2v) is 5.99. The summed E-state index contributed by atoms with van der Waals surface area (Å²) >= 11 is 6.11. The molecule has 1 heterocycles. The molecule has 0 aliphatic carbocycles. The Bertz CT molecular complexity index is 929. The Labute approximate surface area is 156 Å². The van der Waals surface area contributed by atoms with Gasteiger partial charge in [0.1, 0.15) is 5.75 Å². The van der Waals surface area contributed by atoms with Crippen LogP contribution in [0.1, 0.15) is 16.1 Å². The summed E-state index contributed by atoms with van der Waals surface area (Å²) in [7, 11) is 1.57. The van der Waals surface area contributed by atoms with Crippen molar-refractivity contribution >= 4 is 34.7 Å². The lowest BCUT2D eigenvalue weighted by Crippen LogP contribution is -2.14. The number of nitrogens with zero attached hydrogens (tertiary/aromatic N) is 2. The number of hydrogen-bond acceptors (Lipinski definition) is 5. The molecule has 0 unspecified atom stereocenters. The van der Waals surface area contributed by atoms with E-state index in [1.807, 2.05) is 25.1 Å². The Morgan fingerprint density at radius 2 is 1.88 bits per heavy atom. The summed E-state index contributed by atoms with van der Waals surface area (Å²) < 4.78 is 5.13. The zero-order valence-corrected chi connectivity index (χ0v) is 15.0. The molecule has 0 atom stereocenters. The zero-order chi connectivity index (χ0) is 18.5. The van der Waals surface area contributed by atoms with Crippen molar-refractivity contribution in [2.75, 3.05) is 17.7 Å². The van der Waals surface area contributed by atoms with E-state index in [-0.39, 0.29) is 11.6 Å². The molecule has 26 heavy (non-hydrogen) atoms. The number of benzene rings is 2. The summed E-state index contributed by atoms with van der Waals surface area (Å²) in [6, 6.07) is 16.0. The number of methoxy groups -OCH3 is 1. The zero-order valence-electron chi connectivity index (χ0n) is 14.3. The van der Waals surface area contributed by atoms with E-state index in [1.54, 1.807) is 43.5 Å². The van der Waals surface area contributed by atoms with Crippen LogP contribution in [0, 0.1) is 6.92 Å². The van der Waals surface area contributed by atoms with Gasteiger partial charge < -0.3 is 15.4 Å². The van der Waals surface area contributed by atoms with Crippen LogP contribution in [0.5, 0.6) is 5.75 Å². The topological polar surface area (TPSA) is 76.1 Å². The average Bonchev–Trinajstić information content (AvgIpc) is 2.65. The van der Waals surface area contributed by atoms with Gasteiger partial charge in [-0.05, 0) is 48.9 Å². The number of aryl methyl sites for hydroxylation is 1. The third-order valence-corrected chi connectivity index (χ3v) is 4.08. The minimum Gasteiger partial charge on any atom is -0.497 e. The normalized spacial score (nSPS) is 10.3. The molecule has 2 N–H and O–H groups in total. The van der Waals surface area contributed by atoms with E-state index in [0.717, 1.165) is 11.3 Å². The molecule has 132 valence electrons. The molecule has 2 aromatic carbocycles. The maximum absolute atomic E-state index is 12.3. The summed E-state index contributed by atoms with van der Waals surface area (Å²) in [5, 5.41) is 14.5. The average molecular weight is 369 g/mol. The molecule has 7 heteroatoms. The number of ether oxygens (including phenoxy) is 1. The smallest absolute Gasteiger partial charge is 0.276 e. The van der Waals surface area contributed by atoms with Crippen LogP contribution in [0.3, 0.4) is 0 Å². The predicted molar refractivity (Wildman–Crippen MR) is 102 cm³/mol. The minimum atomic E-state index is -0.351. The third-order valence-electron chi connectivity index (χ3n) is 3.67. The molecule has 1 amide bonds. The quantitative estimate of drug-likeness (QED) is 0.696. The van der Waals surface area contributed by atoms with Crippen molar-refractivity contribution in [1.82, 2.24) is 10.2 Å². The highest BCUT2D eigenvalue weighted by atomic mass is 35.5. The lowest BCUT2D eigenvalue weighted by Gasteiger charge is -2.08. The van der Waals surface area contributed by atoms with E-state index in [2.05, 4.69) is 20.8 Å². The molecule has 6 nitrogen and oxygen atoms in total. The molecule has 0 aliphatic rings. The Morgan fingerprint density at radius 3 is 2.58 bits per heavy atom. The molecular weight excluding hydrogens is 352 g/mol. The van der Waals surface area contributed by atoms with Gasteiger partial charge >= 0.3 is 0 Å². The molecule has 0 radical (unpaired) electrons. The van der Waals surface area contributed by atoms with E-state index in [1.165, 1.54) is 0 Å². The molecule has 0 aliphatic heterocycles. The summed E-state index contributed by atoms with van der Waals surface area (Å²) in [6.07, 6.45) is 0. The largest absolute Gasteiger partial charge is 0.497 e. The van der Waals surface area contributed by atoms with E-state index in [9.17, 15) is 4.79 Å². The van der Waals surface area contributed by atoms with Crippen LogP contribution >= 0.6 is 11.6 Å². The van der Waals surface area contributed by atoms with Crippen molar-refractivity contribution in [3.05, 3.63) is 70.9 Å². The number of anilines is 3. The number of rotatable bonds is 5. The van der Waals surface area contributed by atoms with Crippen LogP contribution in [0.15, 0.2) is 54.6 Å². The maximum atomic E-state index is 12.3. The highest BCUT2D eigenvalue weighted by Crippen LogP contribution is 2.22. The second-order valence-electron chi connectivity index (χ2n) is 5.58. The SMILES string of the molecule is COc1cccc(NC(=O)c2ccc(Nc3ccc(C)c(Cl)c3)nn2)c1. The number of aromatic nitrogens is 2. The number of amides is 1. The van der Waals surface area contributed by atoms with Gasteiger partial charge in [0, 0.05) is 22.5 Å². The standard InChI is InChI=1S/C19H17ClN4O2/c1-12-6-7-14(11-16(12)20)21-18-9-8-17(23-24-18)19(25)22-13-4-3-5-15(10-13)26-2/h3-11H,1-2H3,(H,21,24)(H,22,25). The lowest BCUT2D eigenvalue weighted by atomic mass is 10.2. The Morgan fingerprint density at radius 1 is 1.04 bits per heavy atom. The molecule has 0 spiro atoms. The molecule has 0 fully saturated rings. The molecule has 3 rings (SSSR count). The highest BCUT2D eigenvalue weighted by molar-refractivity contribution is 6.31. The number of carbonyl (C=O) groups is 1. The number of halogens is 1. The van der Waals surface area contributed by atoms with Crippen molar-refractivity contribution < 1.29 is 9.53 Å². The minimum absolute atomic E-state index is 0.209. The van der Waals surface area contributed by atoms with Gasteiger partial charge in [0.05, 0.1) is 7.11 Å². The van der Waals surface area contributed by atoms with Gasteiger partial charge in [-0.25, -0.2) is 0 Å². The van der Waals surface area contributed by atoms with Crippen molar-refractivity contribution in [1.29, 1.82) is 0 Å². The first kappa shape index (κ1) is 17.7. The van der Waals surface area contributed by atoms with Gasteiger partial charge in [0.25, 0.3) is 5.91 Å². The third kappa shape index (κ3) is 4.29. The van der Waals surface area contributed by atoms with Crippen molar-refractivity contribution in [3.8, 4) is 5.75 Å². The highest BCUT2D eigenvalue weighted by Gasteiger charge is 2.09. The van der Waals surface area contributed by atoms with Crippen LogP contribution in [0.4, 0.5) is 17.2 Å². The van der Waals surface area contributed by atoms with E-state index in [4.69, 9.17) is 16.3 Å². The first-order valence-corrected chi connectivity index (χ1v) is 8.25. The molecular formula is C19H17ClN4O2. The van der Waals surface area contributed by atoms with Crippen LogP contribution in [0.2, 0.25) is 5.02 Å². The second kappa shape index (κ2) is 7.84. The monoisotopic (exact) mass is 368 g/mol. The fourth-order valence-electron chi connectivity index (χ4n) is 2.23. The van der Waals surface area contributed by atoms with Crippen LogP contribution < -0.4 is 15.4 Å². The van der Waals surface area contributed by atoms with Crippen LogP contribution in [0.25, 0.3) is 0 Å².